The van der Waals surface area contributed by atoms with Crippen LogP contribution in [0.1, 0.15) is 65.1 Å². The molecule has 19 heteroatoms. The van der Waals surface area contributed by atoms with E-state index < -0.39 is 0 Å². The largest absolute Gasteiger partial charge is 0.328 e. The molecule has 8 aromatic heterocycles. The number of rotatable bonds is 11. The van der Waals surface area contributed by atoms with Crippen molar-refractivity contribution in [2.24, 2.45) is 0 Å². The van der Waals surface area contributed by atoms with Crippen LogP contribution in [0.15, 0.2) is 193 Å². The number of aromatic amines is 4. The first kappa shape index (κ1) is 53.3. The van der Waals surface area contributed by atoms with E-state index in [2.05, 4.69) is 102 Å². The third-order valence-corrected chi connectivity index (χ3v) is 14.9. The van der Waals surface area contributed by atoms with E-state index in [0.29, 0.717) is 62.2 Å². The van der Waals surface area contributed by atoms with Crippen LogP contribution in [0.5, 0.6) is 0 Å². The molecule has 0 atom stereocenters. The van der Waals surface area contributed by atoms with E-state index in [1.165, 1.54) is 5.56 Å². The molecule has 410 valence electrons. The molecule has 0 unspecified atom stereocenters. The van der Waals surface area contributed by atoms with E-state index in [0.717, 1.165) is 121 Å². The molecule has 14 rings (SSSR count). The van der Waals surface area contributed by atoms with E-state index in [4.69, 9.17) is 15.0 Å². The Morgan fingerprint density at radius 1 is 0.518 bits per heavy atom. The molecule has 2 aliphatic heterocycles. The predicted octanol–water partition coefficient (Wildman–Crippen LogP) is 10.0. The summed E-state index contributed by atoms with van der Waals surface area (Å²) in [6.07, 6.45) is 18.3. The molecule has 0 saturated carbocycles. The number of aldehydes is 1. The van der Waals surface area contributed by atoms with Gasteiger partial charge >= 0.3 is 0 Å². The molecule has 0 radical (unpaired) electrons. The first-order chi connectivity index (χ1) is 40.9. The molecule has 5 N–H and O–H groups in total. The quantitative estimate of drug-likeness (QED) is 0.0755. The van der Waals surface area contributed by atoms with Gasteiger partial charge in [-0.3, -0.25) is 39.4 Å². The molecule has 12 aromatic rings. The SMILES string of the molecule is O=Cc1ccc(-c2nc3cc[nH]c(=O)c3cc2-c2ccccc2)cc1.O=c1[nH]ccc2nc(-c3ccc(CN4CCC(c5nc(-c6cnccn6)n[nH]5)CC4)cc3)c(-c3ccccc3)cc12.c1cnc(-c2n[nH]c(C3CCNCC3)n2)cn1. The first-order valence-electron chi connectivity index (χ1n) is 27.5. The number of benzene rings is 4. The van der Waals surface area contributed by atoms with Crippen LogP contribution in [-0.4, -0.2) is 108 Å². The Labute approximate surface area is 475 Å². The van der Waals surface area contributed by atoms with Crippen molar-refractivity contribution in [3.8, 4) is 67.8 Å². The molecule has 0 aliphatic carbocycles. The minimum absolute atomic E-state index is 0.132. The number of piperidine rings is 2. The number of likely N-dealkylation sites (tertiary alicyclic amines) is 1. The third-order valence-electron chi connectivity index (χ3n) is 14.9. The normalized spacial score (nSPS) is 13.9. The summed E-state index contributed by atoms with van der Waals surface area (Å²) in [6.45, 7) is 4.97. The molecule has 0 bridgehead atoms. The summed E-state index contributed by atoms with van der Waals surface area (Å²) in [5, 5.41) is 19.2. The number of aromatic nitrogens is 14. The van der Waals surface area contributed by atoms with Gasteiger partial charge in [-0.2, -0.15) is 10.2 Å². The molecule has 2 aliphatic rings. The van der Waals surface area contributed by atoms with Gasteiger partial charge in [0.15, 0.2) is 0 Å². The number of fused-ring (bicyclic) bond motifs is 2. The van der Waals surface area contributed by atoms with Crippen molar-refractivity contribution in [1.29, 1.82) is 0 Å². The van der Waals surface area contributed by atoms with Crippen molar-refractivity contribution >= 4 is 28.1 Å². The highest BCUT2D eigenvalue weighted by atomic mass is 16.1. The second-order valence-electron chi connectivity index (χ2n) is 20.3. The van der Waals surface area contributed by atoms with Gasteiger partial charge in [-0.1, -0.05) is 109 Å². The lowest BCUT2D eigenvalue weighted by atomic mass is 9.95. The Morgan fingerprint density at radius 3 is 1.47 bits per heavy atom. The van der Waals surface area contributed by atoms with Crippen LogP contribution < -0.4 is 16.4 Å². The van der Waals surface area contributed by atoms with Crippen molar-refractivity contribution in [1.82, 2.24) is 80.5 Å². The summed E-state index contributed by atoms with van der Waals surface area (Å²) < 4.78 is 0. The Hall–Kier alpha value is -10.4. The van der Waals surface area contributed by atoms with E-state index in [1.807, 2.05) is 78.9 Å². The summed E-state index contributed by atoms with van der Waals surface area (Å²) in [6, 6.07) is 43.3. The lowest BCUT2D eigenvalue weighted by molar-refractivity contribution is 0.112. The Morgan fingerprint density at radius 2 is 1.00 bits per heavy atom. The third kappa shape index (κ3) is 12.4. The van der Waals surface area contributed by atoms with Gasteiger partial charge in [-0.05, 0) is 92.8 Å². The number of nitrogens with zero attached hydrogens (tertiary/aromatic N) is 11. The second kappa shape index (κ2) is 25.0. The zero-order chi connectivity index (χ0) is 56.3. The Kier molecular flexibility index (Phi) is 16.0. The lowest BCUT2D eigenvalue weighted by Crippen LogP contribution is -2.32. The number of carbonyl (C=O) groups excluding carboxylic acids is 1. The molecule has 83 heavy (non-hydrogen) atoms. The van der Waals surface area contributed by atoms with Gasteiger partial charge < -0.3 is 15.3 Å². The Bertz CT molecular complexity index is 4240. The van der Waals surface area contributed by atoms with Crippen LogP contribution in [0.4, 0.5) is 0 Å². The predicted molar refractivity (Wildman–Crippen MR) is 319 cm³/mol. The molecule has 2 fully saturated rings. The maximum absolute atomic E-state index is 12.5. The molecule has 19 nitrogen and oxygen atoms in total. The zero-order valence-corrected chi connectivity index (χ0v) is 45.1. The summed E-state index contributed by atoms with van der Waals surface area (Å²) in [7, 11) is 0. The zero-order valence-electron chi connectivity index (χ0n) is 45.1. The monoisotopic (exact) mass is 1100 g/mol. The number of H-pyrrole nitrogens is 4. The van der Waals surface area contributed by atoms with Gasteiger partial charge in [0.25, 0.3) is 11.1 Å². The van der Waals surface area contributed by atoms with Crippen LogP contribution in [0.3, 0.4) is 0 Å². The summed E-state index contributed by atoms with van der Waals surface area (Å²) >= 11 is 0. The van der Waals surface area contributed by atoms with Gasteiger partial charge in [0.1, 0.15) is 29.3 Å². The van der Waals surface area contributed by atoms with E-state index in [9.17, 15) is 14.4 Å². The maximum atomic E-state index is 12.5. The molecule has 2 saturated heterocycles. The van der Waals surface area contributed by atoms with Crippen molar-refractivity contribution in [2.75, 3.05) is 26.2 Å². The van der Waals surface area contributed by atoms with Crippen LogP contribution in [-0.2, 0) is 6.54 Å². The van der Waals surface area contributed by atoms with Crippen molar-refractivity contribution in [3.05, 3.63) is 227 Å². The van der Waals surface area contributed by atoms with Crippen LogP contribution in [0.2, 0.25) is 0 Å². The first-order valence-corrected chi connectivity index (χ1v) is 27.5. The van der Waals surface area contributed by atoms with Gasteiger partial charge in [0.2, 0.25) is 11.6 Å². The summed E-state index contributed by atoms with van der Waals surface area (Å²) in [5.74, 6) is 3.95. The average Bonchev–Trinajstić information content (AvgIpc) is 4.32. The molecule has 4 aromatic carbocycles. The number of carbonyl (C=O) groups is 1. The number of pyridine rings is 4. The highest BCUT2D eigenvalue weighted by Gasteiger charge is 2.25. The smallest absolute Gasteiger partial charge is 0.257 e. The summed E-state index contributed by atoms with van der Waals surface area (Å²) in [4.78, 5) is 79.0. The Balaban J connectivity index is 0.000000137. The van der Waals surface area contributed by atoms with Crippen LogP contribution in [0, 0.1) is 0 Å². The number of hydrogen-bond acceptors (Lipinski definition) is 15. The van der Waals surface area contributed by atoms with E-state index in [1.54, 1.807) is 67.8 Å². The highest BCUT2D eigenvalue weighted by Crippen LogP contribution is 2.35. The van der Waals surface area contributed by atoms with Crippen molar-refractivity contribution in [3.63, 3.8) is 0 Å². The fraction of sp³-hybridized carbons (Fsp3) is 0.172. The molecular formula is C64H56N16O3. The van der Waals surface area contributed by atoms with Gasteiger partial charge in [-0.15, -0.1) is 0 Å². The minimum Gasteiger partial charge on any atom is -0.328 e. The lowest BCUT2D eigenvalue weighted by Gasteiger charge is -2.31. The number of hydrogen-bond donors (Lipinski definition) is 5. The van der Waals surface area contributed by atoms with Gasteiger partial charge in [-0.25, -0.2) is 29.9 Å². The van der Waals surface area contributed by atoms with Gasteiger partial charge in [0.05, 0.1) is 45.6 Å². The van der Waals surface area contributed by atoms with Crippen LogP contribution >= 0.6 is 0 Å². The summed E-state index contributed by atoms with van der Waals surface area (Å²) in [5.41, 5.74) is 11.7. The van der Waals surface area contributed by atoms with Crippen molar-refractivity contribution < 1.29 is 4.79 Å². The second-order valence-corrected chi connectivity index (χ2v) is 20.3. The van der Waals surface area contributed by atoms with Crippen molar-refractivity contribution in [2.45, 2.75) is 44.1 Å². The van der Waals surface area contributed by atoms with E-state index >= 15 is 0 Å². The molecular weight excluding hydrogens is 1040 g/mol. The van der Waals surface area contributed by atoms with Gasteiger partial charge in [0, 0.05) is 83.4 Å². The van der Waals surface area contributed by atoms with E-state index in [-0.39, 0.29) is 11.1 Å². The van der Waals surface area contributed by atoms with Crippen LogP contribution in [0.25, 0.3) is 89.6 Å². The molecule has 0 spiro atoms. The standard InChI is InChI=1S/C32H28N8O.C21H14N2O2.C11H14N6/c41-32-26-18-25(22-4-2-1-3-5-22)29(36-27(26)10-13-35-32)23-8-6-21(7-9-23)20-40-16-11-24(12-17-40)30-37-31(39-38-30)28-19-33-14-15-34-28;24-13-14-6-8-16(9-7-14)20-17(15-4-2-1-3-5-15)12-18-19(23-20)10-11-22-21(18)25;1-3-12-4-2-8(1)10-15-11(17-16-10)9-7-13-5-6-14-9/h1-10,13-15,18-19,24H,11-12,16-17,20H2,(H,35,41)(H,37,38,39);1-13H,(H,22,25);5-8,12H,1-4H2,(H,15,16,17). The maximum Gasteiger partial charge on any atom is 0.257 e. The molecule has 10 heterocycles. The highest BCUT2D eigenvalue weighted by molar-refractivity contribution is 5.92. The molecule has 0 amide bonds. The fourth-order valence-electron chi connectivity index (χ4n) is 10.5. The topological polar surface area (TPSA) is 259 Å². The number of nitrogens with one attached hydrogen (secondary N) is 5. The average molecular weight is 1100 g/mol. The minimum atomic E-state index is -0.162. The fourth-order valence-corrected chi connectivity index (χ4v) is 10.5.